The van der Waals surface area contributed by atoms with Gasteiger partial charge in [0, 0.05) is 36.5 Å². The van der Waals surface area contributed by atoms with E-state index >= 15 is 0 Å². The summed E-state index contributed by atoms with van der Waals surface area (Å²) in [6.45, 7) is 2.24. The van der Waals surface area contributed by atoms with Crippen LogP contribution in [0.5, 0.6) is 0 Å². The van der Waals surface area contributed by atoms with Crippen molar-refractivity contribution in [3.63, 3.8) is 0 Å². The maximum absolute atomic E-state index is 12.3. The van der Waals surface area contributed by atoms with Gasteiger partial charge in [0.05, 0.1) is 0 Å². The molecule has 3 rings (SSSR count). The Bertz CT molecular complexity index is 689. The highest BCUT2D eigenvalue weighted by Gasteiger charge is 2.19. The standard InChI is InChI=1S/C20H24N2O2S/c23-19(7-3-5-18-6-4-14-25-18)21-15-16-8-10-17(11-9-16)20(24)22-12-1-2-13-22/h4,6,8-11,14H,1-3,5,7,12-13,15H2,(H,21,23). The predicted molar refractivity (Wildman–Crippen MR) is 101 cm³/mol. The Hall–Kier alpha value is -2.14. The highest BCUT2D eigenvalue weighted by Crippen LogP contribution is 2.14. The van der Waals surface area contributed by atoms with E-state index in [1.165, 1.54) is 4.88 Å². The van der Waals surface area contributed by atoms with Crippen molar-refractivity contribution < 1.29 is 9.59 Å². The van der Waals surface area contributed by atoms with Gasteiger partial charge in [0.15, 0.2) is 0 Å². The smallest absolute Gasteiger partial charge is 0.253 e. The van der Waals surface area contributed by atoms with Crippen LogP contribution < -0.4 is 5.32 Å². The van der Waals surface area contributed by atoms with E-state index in [1.54, 1.807) is 11.3 Å². The number of benzene rings is 1. The Labute approximate surface area is 152 Å². The third-order valence-electron chi connectivity index (χ3n) is 4.49. The number of carbonyl (C=O) groups is 2. The van der Waals surface area contributed by atoms with Gasteiger partial charge in [-0.25, -0.2) is 0 Å². The third kappa shape index (κ3) is 5.16. The second-order valence-corrected chi connectivity index (χ2v) is 7.44. The molecule has 1 saturated heterocycles. The molecule has 0 unspecified atom stereocenters. The van der Waals surface area contributed by atoms with Crippen molar-refractivity contribution in [2.75, 3.05) is 13.1 Å². The highest BCUT2D eigenvalue weighted by atomic mass is 32.1. The third-order valence-corrected chi connectivity index (χ3v) is 5.43. The predicted octanol–water partition coefficient (Wildman–Crippen LogP) is 3.62. The van der Waals surface area contributed by atoms with Crippen molar-refractivity contribution in [1.29, 1.82) is 0 Å². The van der Waals surface area contributed by atoms with Crippen LogP contribution in [0.15, 0.2) is 41.8 Å². The molecule has 0 bridgehead atoms. The van der Waals surface area contributed by atoms with Crippen molar-refractivity contribution in [3.05, 3.63) is 57.8 Å². The highest BCUT2D eigenvalue weighted by molar-refractivity contribution is 7.09. The average Bonchev–Trinajstić information content (AvgIpc) is 3.33. The van der Waals surface area contributed by atoms with E-state index in [0.717, 1.165) is 49.9 Å². The number of aryl methyl sites for hydroxylation is 1. The Morgan fingerprint density at radius 2 is 1.84 bits per heavy atom. The number of amides is 2. The molecule has 0 aliphatic carbocycles. The Morgan fingerprint density at radius 1 is 1.08 bits per heavy atom. The van der Waals surface area contributed by atoms with Gasteiger partial charge in [-0.2, -0.15) is 0 Å². The molecule has 132 valence electrons. The molecule has 5 heteroatoms. The molecule has 2 amide bonds. The lowest BCUT2D eigenvalue weighted by Gasteiger charge is -2.15. The number of hydrogen-bond acceptors (Lipinski definition) is 3. The molecule has 25 heavy (non-hydrogen) atoms. The minimum absolute atomic E-state index is 0.0776. The van der Waals surface area contributed by atoms with E-state index in [4.69, 9.17) is 0 Å². The zero-order chi connectivity index (χ0) is 17.5. The lowest BCUT2D eigenvalue weighted by atomic mass is 10.1. The van der Waals surface area contributed by atoms with Crippen molar-refractivity contribution in [1.82, 2.24) is 10.2 Å². The number of likely N-dealkylation sites (tertiary alicyclic amines) is 1. The van der Waals surface area contributed by atoms with E-state index in [-0.39, 0.29) is 11.8 Å². The first-order valence-corrected chi connectivity index (χ1v) is 9.77. The first-order valence-electron chi connectivity index (χ1n) is 8.90. The van der Waals surface area contributed by atoms with E-state index in [0.29, 0.717) is 13.0 Å². The summed E-state index contributed by atoms with van der Waals surface area (Å²) in [7, 11) is 0. The number of rotatable bonds is 7. The molecule has 1 aliphatic rings. The number of nitrogens with one attached hydrogen (secondary N) is 1. The molecule has 1 aliphatic heterocycles. The van der Waals surface area contributed by atoms with Crippen LogP contribution in [-0.2, 0) is 17.8 Å². The summed E-state index contributed by atoms with van der Waals surface area (Å²) in [6, 6.07) is 11.7. The molecule has 2 aromatic rings. The Morgan fingerprint density at radius 3 is 2.52 bits per heavy atom. The van der Waals surface area contributed by atoms with Crippen LogP contribution in [0.3, 0.4) is 0 Å². The molecular formula is C20H24N2O2S. The molecule has 2 heterocycles. The molecule has 0 radical (unpaired) electrons. The molecule has 1 aromatic carbocycles. The molecule has 1 N–H and O–H groups in total. The number of nitrogens with zero attached hydrogens (tertiary/aromatic N) is 1. The first kappa shape index (κ1) is 17.7. The van der Waals surface area contributed by atoms with Crippen molar-refractivity contribution >= 4 is 23.2 Å². The van der Waals surface area contributed by atoms with Crippen LogP contribution in [0.1, 0.15) is 46.5 Å². The van der Waals surface area contributed by atoms with Gasteiger partial charge in [-0.1, -0.05) is 18.2 Å². The maximum atomic E-state index is 12.3. The van der Waals surface area contributed by atoms with Gasteiger partial charge in [-0.3, -0.25) is 9.59 Å². The van der Waals surface area contributed by atoms with E-state index in [9.17, 15) is 9.59 Å². The SMILES string of the molecule is O=C(CCCc1cccs1)NCc1ccc(C(=O)N2CCCC2)cc1. The Balaban J connectivity index is 1.40. The van der Waals surface area contributed by atoms with Crippen LogP contribution in [0.4, 0.5) is 0 Å². The quantitative estimate of drug-likeness (QED) is 0.824. The lowest BCUT2D eigenvalue weighted by molar-refractivity contribution is -0.121. The zero-order valence-corrected chi connectivity index (χ0v) is 15.2. The maximum Gasteiger partial charge on any atom is 0.253 e. The van der Waals surface area contributed by atoms with Gasteiger partial charge in [0.2, 0.25) is 5.91 Å². The minimum atomic E-state index is 0.0776. The summed E-state index contributed by atoms with van der Waals surface area (Å²) < 4.78 is 0. The van der Waals surface area contributed by atoms with Crippen molar-refractivity contribution in [2.45, 2.75) is 38.6 Å². The van der Waals surface area contributed by atoms with E-state index in [1.807, 2.05) is 35.2 Å². The number of hydrogen-bond donors (Lipinski definition) is 1. The van der Waals surface area contributed by atoms with Crippen LogP contribution in [-0.4, -0.2) is 29.8 Å². The lowest BCUT2D eigenvalue weighted by Crippen LogP contribution is -2.27. The topological polar surface area (TPSA) is 49.4 Å². The fourth-order valence-corrected chi connectivity index (χ4v) is 3.79. The summed E-state index contributed by atoms with van der Waals surface area (Å²) in [5, 5.41) is 5.01. The minimum Gasteiger partial charge on any atom is -0.352 e. The van der Waals surface area contributed by atoms with Gasteiger partial charge in [0.25, 0.3) is 5.91 Å². The van der Waals surface area contributed by atoms with Crippen LogP contribution in [0, 0.1) is 0 Å². The molecule has 1 aromatic heterocycles. The molecule has 4 nitrogen and oxygen atoms in total. The summed E-state index contributed by atoms with van der Waals surface area (Å²) in [4.78, 5) is 27.5. The van der Waals surface area contributed by atoms with Gasteiger partial charge in [0.1, 0.15) is 0 Å². The molecule has 0 atom stereocenters. The number of carbonyl (C=O) groups excluding carboxylic acids is 2. The van der Waals surface area contributed by atoms with Crippen LogP contribution in [0.2, 0.25) is 0 Å². The second kappa shape index (κ2) is 8.81. The summed E-state index contributed by atoms with van der Waals surface area (Å²) >= 11 is 1.73. The van der Waals surface area contributed by atoms with E-state index in [2.05, 4.69) is 16.8 Å². The largest absolute Gasteiger partial charge is 0.352 e. The Kier molecular flexibility index (Phi) is 6.23. The second-order valence-electron chi connectivity index (χ2n) is 6.41. The fourth-order valence-electron chi connectivity index (χ4n) is 3.04. The van der Waals surface area contributed by atoms with Gasteiger partial charge in [-0.15, -0.1) is 11.3 Å². The molecule has 1 fully saturated rings. The summed E-state index contributed by atoms with van der Waals surface area (Å²) in [5.41, 5.74) is 1.75. The van der Waals surface area contributed by atoms with Crippen LogP contribution in [0.25, 0.3) is 0 Å². The van der Waals surface area contributed by atoms with Crippen molar-refractivity contribution in [3.8, 4) is 0 Å². The van der Waals surface area contributed by atoms with Crippen LogP contribution >= 0.6 is 11.3 Å². The fraction of sp³-hybridized carbons (Fsp3) is 0.400. The summed E-state index contributed by atoms with van der Waals surface area (Å²) in [6.07, 6.45) is 4.57. The first-order chi connectivity index (χ1) is 12.2. The molecular weight excluding hydrogens is 332 g/mol. The normalized spacial score (nSPS) is 13.8. The number of thiophene rings is 1. The van der Waals surface area contributed by atoms with Crippen molar-refractivity contribution in [2.24, 2.45) is 0 Å². The monoisotopic (exact) mass is 356 g/mol. The van der Waals surface area contributed by atoms with E-state index < -0.39 is 0 Å². The van der Waals surface area contributed by atoms with Gasteiger partial charge >= 0.3 is 0 Å². The zero-order valence-electron chi connectivity index (χ0n) is 14.4. The molecule has 0 spiro atoms. The van der Waals surface area contributed by atoms with Gasteiger partial charge < -0.3 is 10.2 Å². The molecule has 0 saturated carbocycles. The van der Waals surface area contributed by atoms with Gasteiger partial charge in [-0.05, 0) is 54.8 Å². The summed E-state index contributed by atoms with van der Waals surface area (Å²) in [5.74, 6) is 0.190. The average molecular weight is 356 g/mol.